The number of carbonyl (C=O) groups excluding carboxylic acids is 1. The number of nitrogens with zero attached hydrogens (tertiary/aromatic N) is 3. The average molecular weight is 401 g/mol. The van der Waals surface area contributed by atoms with Gasteiger partial charge in [-0.2, -0.15) is 0 Å². The van der Waals surface area contributed by atoms with E-state index in [-0.39, 0.29) is 37.2 Å². The van der Waals surface area contributed by atoms with Gasteiger partial charge in [0.2, 0.25) is 5.75 Å². The van der Waals surface area contributed by atoms with Crippen molar-refractivity contribution in [1.82, 2.24) is 14.0 Å². The van der Waals surface area contributed by atoms with Crippen molar-refractivity contribution in [2.24, 2.45) is 0 Å². The Kier molecular flexibility index (Phi) is 5.25. The van der Waals surface area contributed by atoms with Crippen molar-refractivity contribution >= 4 is 5.91 Å². The number of rotatable bonds is 3. The Morgan fingerprint density at radius 2 is 1.62 bits per heavy atom. The second kappa shape index (κ2) is 7.85. The van der Waals surface area contributed by atoms with Gasteiger partial charge in [0.1, 0.15) is 5.82 Å². The van der Waals surface area contributed by atoms with Crippen LogP contribution in [-0.2, 0) is 13.1 Å². The molecule has 1 saturated carbocycles. The lowest BCUT2D eigenvalue weighted by molar-refractivity contribution is 0.0676. The lowest BCUT2D eigenvalue weighted by Crippen LogP contribution is -2.50. The Bertz CT molecular complexity index is 1030. The predicted octanol–water partition coefficient (Wildman–Crippen LogP) is 2.41. The minimum atomic E-state index is -0.787. The van der Waals surface area contributed by atoms with E-state index in [4.69, 9.17) is 0 Å². The third-order valence-electron chi connectivity index (χ3n) is 5.91. The minimum absolute atomic E-state index is 0.196. The van der Waals surface area contributed by atoms with Crippen molar-refractivity contribution < 1.29 is 14.3 Å². The van der Waals surface area contributed by atoms with E-state index in [2.05, 4.69) is 0 Å². The van der Waals surface area contributed by atoms with Crippen molar-refractivity contribution in [2.75, 3.05) is 6.54 Å². The first kappa shape index (κ1) is 19.4. The van der Waals surface area contributed by atoms with Crippen LogP contribution in [0, 0.1) is 5.82 Å². The Morgan fingerprint density at radius 1 is 0.966 bits per heavy atom. The molecule has 0 unspecified atom stereocenters. The molecule has 1 aliphatic carbocycles. The van der Waals surface area contributed by atoms with E-state index in [9.17, 15) is 23.9 Å². The molecule has 4 rings (SSSR count). The highest BCUT2D eigenvalue weighted by atomic mass is 19.1. The molecule has 7 nitrogen and oxygen atoms in total. The van der Waals surface area contributed by atoms with Crippen molar-refractivity contribution in [1.29, 1.82) is 0 Å². The van der Waals surface area contributed by atoms with Crippen LogP contribution in [0.25, 0.3) is 0 Å². The van der Waals surface area contributed by atoms with Crippen molar-refractivity contribution in [3.8, 4) is 5.75 Å². The van der Waals surface area contributed by atoms with E-state index in [0.29, 0.717) is 0 Å². The number of carbonyl (C=O) groups is 1. The van der Waals surface area contributed by atoms with E-state index < -0.39 is 22.9 Å². The molecule has 0 radical (unpaired) electrons. The molecule has 0 saturated heterocycles. The van der Waals surface area contributed by atoms with Crippen LogP contribution in [0.5, 0.6) is 5.75 Å². The Labute approximate surface area is 167 Å². The Balaban J connectivity index is 1.69. The van der Waals surface area contributed by atoms with Gasteiger partial charge >= 0.3 is 5.69 Å². The van der Waals surface area contributed by atoms with Crippen LogP contribution < -0.4 is 11.2 Å². The monoisotopic (exact) mass is 401 g/mol. The Morgan fingerprint density at radius 3 is 2.28 bits per heavy atom. The normalized spacial score (nSPS) is 17.8. The maximum absolute atomic E-state index is 13.1. The van der Waals surface area contributed by atoms with Crippen molar-refractivity contribution in [2.45, 2.75) is 57.7 Å². The lowest BCUT2D eigenvalue weighted by Gasteiger charge is -2.31. The predicted molar refractivity (Wildman–Crippen MR) is 105 cm³/mol. The summed E-state index contributed by atoms with van der Waals surface area (Å²) in [7, 11) is 0. The molecular formula is C21H24FN3O4. The van der Waals surface area contributed by atoms with Crippen LogP contribution >= 0.6 is 0 Å². The fourth-order valence-electron chi connectivity index (χ4n) is 4.35. The quantitative estimate of drug-likeness (QED) is 0.801. The highest BCUT2D eigenvalue weighted by Gasteiger charge is 2.33. The van der Waals surface area contributed by atoms with Gasteiger partial charge in [0.15, 0.2) is 5.69 Å². The number of aromatic nitrogens is 2. The second-order valence-corrected chi connectivity index (χ2v) is 7.81. The first-order chi connectivity index (χ1) is 14.0. The van der Waals surface area contributed by atoms with E-state index in [1.165, 1.54) is 21.6 Å². The first-order valence-corrected chi connectivity index (χ1v) is 10.1. The summed E-state index contributed by atoms with van der Waals surface area (Å²) in [6.45, 7) is 0.672. The molecule has 2 heterocycles. The molecular weight excluding hydrogens is 377 g/mol. The number of hydrogen-bond acceptors (Lipinski definition) is 4. The molecule has 2 aromatic rings. The number of aromatic hydroxyl groups is 1. The van der Waals surface area contributed by atoms with Gasteiger partial charge in [0.05, 0.1) is 0 Å². The summed E-state index contributed by atoms with van der Waals surface area (Å²) < 4.78 is 15.5. The summed E-state index contributed by atoms with van der Waals surface area (Å²) in [5, 5.41) is 10.6. The molecule has 1 amide bonds. The van der Waals surface area contributed by atoms with Crippen molar-refractivity contribution in [3.63, 3.8) is 0 Å². The van der Waals surface area contributed by atoms with Gasteiger partial charge in [0, 0.05) is 25.7 Å². The maximum Gasteiger partial charge on any atom is 0.332 e. The number of amides is 1. The van der Waals surface area contributed by atoms with Crippen LogP contribution in [0.15, 0.2) is 33.9 Å². The lowest BCUT2D eigenvalue weighted by atomic mass is 10.1. The highest BCUT2D eigenvalue weighted by Crippen LogP contribution is 2.26. The van der Waals surface area contributed by atoms with Gasteiger partial charge in [0.25, 0.3) is 11.5 Å². The summed E-state index contributed by atoms with van der Waals surface area (Å²) in [5.74, 6) is -1.60. The summed E-state index contributed by atoms with van der Waals surface area (Å²) in [6.07, 6.45) is 5.45. The van der Waals surface area contributed by atoms with Crippen LogP contribution in [0.4, 0.5) is 4.39 Å². The molecule has 0 spiro atoms. The van der Waals surface area contributed by atoms with Gasteiger partial charge in [-0.1, -0.05) is 37.8 Å². The molecule has 1 aromatic carbocycles. The summed E-state index contributed by atoms with van der Waals surface area (Å²) in [4.78, 5) is 40.3. The number of fused-ring (bicyclic) bond motifs is 1. The first-order valence-electron chi connectivity index (χ1n) is 10.1. The molecule has 29 heavy (non-hydrogen) atoms. The van der Waals surface area contributed by atoms with Gasteiger partial charge in [-0.3, -0.25) is 18.7 Å². The van der Waals surface area contributed by atoms with Gasteiger partial charge < -0.3 is 10.0 Å². The summed E-state index contributed by atoms with van der Waals surface area (Å²) >= 11 is 0. The molecule has 0 atom stereocenters. The molecule has 8 heteroatoms. The Hall–Kier alpha value is -2.90. The minimum Gasteiger partial charge on any atom is -0.501 e. The van der Waals surface area contributed by atoms with Gasteiger partial charge in [-0.15, -0.1) is 0 Å². The summed E-state index contributed by atoms with van der Waals surface area (Å²) in [6, 6.07) is 5.53. The van der Waals surface area contributed by atoms with Crippen molar-refractivity contribution in [3.05, 3.63) is 62.2 Å². The molecule has 2 aliphatic rings. The second-order valence-electron chi connectivity index (χ2n) is 7.81. The zero-order chi connectivity index (χ0) is 20.5. The number of benzene rings is 1. The van der Waals surface area contributed by atoms with E-state index in [1.54, 1.807) is 12.1 Å². The average Bonchev–Trinajstić information content (AvgIpc) is 2.99. The van der Waals surface area contributed by atoms with E-state index in [0.717, 1.165) is 48.7 Å². The van der Waals surface area contributed by atoms with Gasteiger partial charge in [-0.05, 0) is 30.5 Å². The van der Waals surface area contributed by atoms with E-state index >= 15 is 0 Å². The number of halogens is 1. The van der Waals surface area contributed by atoms with E-state index in [1.807, 2.05) is 0 Å². The highest BCUT2D eigenvalue weighted by molar-refractivity contribution is 5.95. The fourth-order valence-corrected chi connectivity index (χ4v) is 4.35. The molecule has 1 fully saturated rings. The number of hydrogen-bond donors (Lipinski definition) is 1. The van der Waals surface area contributed by atoms with Crippen LogP contribution in [0.1, 0.15) is 60.6 Å². The third kappa shape index (κ3) is 3.59. The molecule has 1 N–H and O–H groups in total. The van der Waals surface area contributed by atoms with Crippen LogP contribution in [0.3, 0.4) is 0 Å². The third-order valence-corrected chi connectivity index (χ3v) is 5.91. The smallest absolute Gasteiger partial charge is 0.332 e. The largest absolute Gasteiger partial charge is 0.501 e. The molecule has 154 valence electrons. The molecule has 1 aromatic heterocycles. The SMILES string of the molecule is O=C1c2c(O)c(=O)n(C3CCCCCC3)c(=O)n2CCN1Cc1ccc(F)cc1. The fraction of sp³-hybridized carbons (Fsp3) is 0.476. The van der Waals surface area contributed by atoms with Gasteiger partial charge in [-0.25, -0.2) is 9.18 Å². The van der Waals surface area contributed by atoms with Crippen LogP contribution in [0.2, 0.25) is 0 Å². The standard InChI is InChI=1S/C21H24FN3O4/c22-15-9-7-14(8-10-15)13-23-11-12-24-17(19(23)27)18(26)20(28)25(21(24)29)16-5-3-1-2-4-6-16/h7-10,16,26H,1-6,11-13H2. The molecule has 0 bridgehead atoms. The zero-order valence-electron chi connectivity index (χ0n) is 16.1. The topological polar surface area (TPSA) is 84.5 Å². The summed E-state index contributed by atoms with van der Waals surface area (Å²) in [5.41, 5.74) is -0.838. The maximum atomic E-state index is 13.1. The van der Waals surface area contributed by atoms with Crippen LogP contribution in [-0.4, -0.2) is 31.6 Å². The zero-order valence-corrected chi connectivity index (χ0v) is 16.1. The molecule has 1 aliphatic heterocycles.